The highest BCUT2D eigenvalue weighted by Crippen LogP contribution is 2.27. The predicted molar refractivity (Wildman–Crippen MR) is 81.0 cm³/mol. The number of sulfonamides is 1. The number of rotatable bonds is 4. The van der Waals surface area contributed by atoms with Gasteiger partial charge in [0.1, 0.15) is 5.76 Å². The summed E-state index contributed by atoms with van der Waals surface area (Å²) in [5.41, 5.74) is 7.61. The molecule has 0 aliphatic rings. The molecular weight excluding hydrogens is 344 g/mol. The largest absolute Gasteiger partial charge is 0.446 e. The van der Waals surface area contributed by atoms with Crippen LogP contribution in [0.2, 0.25) is 0 Å². The van der Waals surface area contributed by atoms with Crippen molar-refractivity contribution in [1.29, 1.82) is 0 Å². The van der Waals surface area contributed by atoms with E-state index in [-0.39, 0.29) is 11.6 Å². The van der Waals surface area contributed by atoms with E-state index in [1.807, 2.05) is 26.0 Å². The Morgan fingerprint density at radius 2 is 1.85 bits per heavy atom. The van der Waals surface area contributed by atoms with Crippen molar-refractivity contribution in [3.63, 3.8) is 0 Å². The van der Waals surface area contributed by atoms with Gasteiger partial charge in [-0.25, -0.2) is 0 Å². The third-order valence-electron chi connectivity index (χ3n) is 2.84. The highest BCUT2D eigenvalue weighted by Gasteiger charge is 2.20. The van der Waals surface area contributed by atoms with Crippen LogP contribution in [0, 0.1) is 13.8 Å². The number of hydrogen-bond donors (Lipinski definition) is 2. The molecule has 0 bridgehead atoms. The van der Waals surface area contributed by atoms with Crippen molar-refractivity contribution in [2.45, 2.75) is 25.5 Å². The summed E-state index contributed by atoms with van der Waals surface area (Å²) in [6.07, 6.45) is 0. The molecular formula is C13H15BrN2O3S. The molecule has 1 aromatic carbocycles. The van der Waals surface area contributed by atoms with Crippen LogP contribution in [0.4, 0.5) is 5.69 Å². The van der Waals surface area contributed by atoms with Gasteiger partial charge >= 0.3 is 0 Å². The highest BCUT2D eigenvalue weighted by atomic mass is 79.9. The molecule has 0 radical (unpaired) electrons. The fourth-order valence-electron chi connectivity index (χ4n) is 1.87. The summed E-state index contributed by atoms with van der Waals surface area (Å²) in [6.45, 7) is 3.83. The average Bonchev–Trinajstić information content (AvgIpc) is 2.83. The minimum absolute atomic E-state index is 0.139. The number of anilines is 1. The minimum Gasteiger partial charge on any atom is -0.446 e. The first-order valence-electron chi connectivity index (χ1n) is 5.92. The van der Waals surface area contributed by atoms with Crippen LogP contribution < -0.4 is 10.5 Å². The van der Waals surface area contributed by atoms with E-state index in [2.05, 4.69) is 20.7 Å². The summed E-state index contributed by atoms with van der Waals surface area (Å²) < 4.78 is 33.2. The summed E-state index contributed by atoms with van der Waals surface area (Å²) in [5.74, 6) is 0.426. The predicted octanol–water partition coefficient (Wildman–Crippen LogP) is 2.92. The van der Waals surface area contributed by atoms with E-state index in [9.17, 15) is 8.42 Å². The Bertz CT molecular complexity index is 715. The van der Waals surface area contributed by atoms with Gasteiger partial charge in [-0.05, 0) is 49.2 Å². The SMILES string of the molecule is Cc1cc(Br)cc(C)c1NS(=O)(=O)c1ccc(CN)o1. The lowest BCUT2D eigenvalue weighted by atomic mass is 10.1. The van der Waals surface area contributed by atoms with Gasteiger partial charge in [-0.3, -0.25) is 4.72 Å². The lowest BCUT2D eigenvalue weighted by Gasteiger charge is -2.12. The van der Waals surface area contributed by atoms with Gasteiger partial charge < -0.3 is 10.2 Å². The molecule has 0 amide bonds. The molecule has 0 aliphatic heterocycles. The van der Waals surface area contributed by atoms with Gasteiger partial charge in [-0.1, -0.05) is 15.9 Å². The first-order chi connectivity index (χ1) is 9.33. The number of furan rings is 1. The Balaban J connectivity index is 2.38. The van der Waals surface area contributed by atoms with Crippen molar-refractivity contribution in [2.24, 2.45) is 5.73 Å². The summed E-state index contributed by atoms with van der Waals surface area (Å²) in [6, 6.07) is 6.64. The van der Waals surface area contributed by atoms with Gasteiger partial charge in [0.2, 0.25) is 5.09 Å². The second kappa shape index (κ2) is 5.59. The zero-order chi connectivity index (χ0) is 14.9. The van der Waals surface area contributed by atoms with Crippen molar-refractivity contribution in [3.05, 3.63) is 45.6 Å². The molecule has 0 unspecified atom stereocenters. The molecule has 2 rings (SSSR count). The molecule has 0 aliphatic carbocycles. The summed E-state index contributed by atoms with van der Waals surface area (Å²) >= 11 is 3.37. The number of aryl methyl sites for hydroxylation is 2. The maximum Gasteiger partial charge on any atom is 0.295 e. The van der Waals surface area contributed by atoms with E-state index in [0.717, 1.165) is 15.6 Å². The third-order valence-corrected chi connectivity index (χ3v) is 4.52. The van der Waals surface area contributed by atoms with Gasteiger partial charge in [0, 0.05) is 4.47 Å². The van der Waals surface area contributed by atoms with E-state index in [0.29, 0.717) is 11.4 Å². The summed E-state index contributed by atoms with van der Waals surface area (Å²) in [4.78, 5) is 0. The number of nitrogens with two attached hydrogens (primary N) is 1. The number of hydrogen-bond acceptors (Lipinski definition) is 4. The topological polar surface area (TPSA) is 85.3 Å². The molecule has 0 saturated carbocycles. The van der Waals surface area contributed by atoms with Crippen LogP contribution in [0.1, 0.15) is 16.9 Å². The van der Waals surface area contributed by atoms with Crippen LogP contribution in [0.25, 0.3) is 0 Å². The van der Waals surface area contributed by atoms with Crippen LogP contribution in [0.3, 0.4) is 0 Å². The van der Waals surface area contributed by atoms with Crippen LogP contribution >= 0.6 is 15.9 Å². The highest BCUT2D eigenvalue weighted by molar-refractivity contribution is 9.10. The smallest absolute Gasteiger partial charge is 0.295 e. The molecule has 108 valence electrons. The van der Waals surface area contributed by atoms with Crippen molar-refractivity contribution in [3.8, 4) is 0 Å². The molecule has 1 aromatic heterocycles. The van der Waals surface area contributed by atoms with Gasteiger partial charge in [0.05, 0.1) is 12.2 Å². The Morgan fingerprint density at radius 1 is 1.25 bits per heavy atom. The van der Waals surface area contributed by atoms with Crippen LogP contribution in [-0.4, -0.2) is 8.42 Å². The van der Waals surface area contributed by atoms with E-state index in [1.54, 1.807) is 6.07 Å². The lowest BCUT2D eigenvalue weighted by molar-refractivity contribution is 0.417. The quantitative estimate of drug-likeness (QED) is 0.879. The van der Waals surface area contributed by atoms with Crippen LogP contribution in [0.15, 0.2) is 38.2 Å². The standard InChI is InChI=1S/C13H15BrN2O3S/c1-8-5-10(14)6-9(2)13(8)16-20(17,18)12-4-3-11(7-15)19-12/h3-6,16H,7,15H2,1-2H3. The average molecular weight is 359 g/mol. The second-order valence-electron chi connectivity index (χ2n) is 4.44. The van der Waals surface area contributed by atoms with Gasteiger partial charge in [0.25, 0.3) is 10.0 Å². The second-order valence-corrected chi connectivity index (χ2v) is 6.97. The maximum atomic E-state index is 12.3. The minimum atomic E-state index is -3.75. The fourth-order valence-corrected chi connectivity index (χ4v) is 3.71. The molecule has 0 fully saturated rings. The lowest BCUT2D eigenvalue weighted by Crippen LogP contribution is -2.14. The Morgan fingerprint density at radius 3 is 2.35 bits per heavy atom. The first-order valence-corrected chi connectivity index (χ1v) is 8.19. The maximum absolute atomic E-state index is 12.3. The molecule has 7 heteroatoms. The van der Waals surface area contributed by atoms with Crippen molar-refractivity contribution < 1.29 is 12.8 Å². The molecule has 3 N–H and O–H groups in total. The number of benzene rings is 1. The number of halogens is 1. The monoisotopic (exact) mass is 358 g/mol. The molecule has 5 nitrogen and oxygen atoms in total. The van der Waals surface area contributed by atoms with Gasteiger partial charge in [-0.15, -0.1) is 0 Å². The van der Waals surface area contributed by atoms with Crippen LogP contribution in [0.5, 0.6) is 0 Å². The molecule has 1 heterocycles. The summed E-state index contributed by atoms with van der Waals surface area (Å²) in [7, 11) is -3.75. The van der Waals surface area contributed by atoms with E-state index < -0.39 is 10.0 Å². The molecule has 0 saturated heterocycles. The zero-order valence-electron chi connectivity index (χ0n) is 11.1. The molecule has 2 aromatic rings. The van der Waals surface area contributed by atoms with Gasteiger partial charge in [-0.2, -0.15) is 8.42 Å². The van der Waals surface area contributed by atoms with E-state index >= 15 is 0 Å². The summed E-state index contributed by atoms with van der Waals surface area (Å²) in [5, 5.41) is -0.139. The number of nitrogens with one attached hydrogen (secondary N) is 1. The van der Waals surface area contributed by atoms with Crippen molar-refractivity contribution in [2.75, 3.05) is 4.72 Å². The normalized spacial score (nSPS) is 11.6. The third kappa shape index (κ3) is 3.05. The Kier molecular flexibility index (Phi) is 4.22. The van der Waals surface area contributed by atoms with Crippen molar-refractivity contribution in [1.82, 2.24) is 0 Å². The Hall–Kier alpha value is -1.31. The molecule has 0 atom stereocenters. The first kappa shape index (κ1) is 15.1. The van der Waals surface area contributed by atoms with Crippen LogP contribution in [-0.2, 0) is 16.6 Å². The van der Waals surface area contributed by atoms with E-state index in [1.165, 1.54) is 6.07 Å². The van der Waals surface area contributed by atoms with E-state index in [4.69, 9.17) is 10.2 Å². The Labute approximate surface area is 126 Å². The molecule has 0 spiro atoms. The fraction of sp³-hybridized carbons (Fsp3) is 0.231. The zero-order valence-corrected chi connectivity index (χ0v) is 13.5. The molecule has 20 heavy (non-hydrogen) atoms. The van der Waals surface area contributed by atoms with Crippen molar-refractivity contribution >= 4 is 31.6 Å². The van der Waals surface area contributed by atoms with Gasteiger partial charge in [0.15, 0.2) is 0 Å².